The van der Waals surface area contributed by atoms with Crippen molar-refractivity contribution in [1.29, 1.82) is 0 Å². The van der Waals surface area contributed by atoms with Gasteiger partial charge in [-0.3, -0.25) is 9.80 Å². The normalized spacial score (nSPS) is 19.6. The second kappa shape index (κ2) is 7.43. The molecule has 5 nitrogen and oxygen atoms in total. The summed E-state index contributed by atoms with van der Waals surface area (Å²) in [6, 6.07) is 8.73. The van der Waals surface area contributed by atoms with Crippen LogP contribution in [0.3, 0.4) is 0 Å². The number of piperazine rings is 1. The molecule has 5 heteroatoms. The van der Waals surface area contributed by atoms with Gasteiger partial charge in [0.05, 0.1) is 6.04 Å². The van der Waals surface area contributed by atoms with Crippen LogP contribution >= 0.6 is 0 Å². The predicted octanol–water partition coefficient (Wildman–Crippen LogP) is 1.64. The molecule has 21 heavy (non-hydrogen) atoms. The van der Waals surface area contributed by atoms with E-state index in [4.69, 9.17) is 10.9 Å². The molecule has 116 valence electrons. The summed E-state index contributed by atoms with van der Waals surface area (Å²) in [6.07, 6.45) is 0.869. The number of nitrogens with zero attached hydrogens (tertiary/aromatic N) is 3. The molecule has 1 heterocycles. The molecule has 1 unspecified atom stereocenters. The molecule has 0 aliphatic carbocycles. The van der Waals surface area contributed by atoms with Crippen LogP contribution in [0.5, 0.6) is 0 Å². The highest BCUT2D eigenvalue weighted by atomic mass is 16.4. The van der Waals surface area contributed by atoms with Gasteiger partial charge in [-0.1, -0.05) is 41.9 Å². The minimum absolute atomic E-state index is 0.0520. The van der Waals surface area contributed by atoms with Crippen LogP contribution in [-0.2, 0) is 6.54 Å². The zero-order chi connectivity index (χ0) is 15.2. The van der Waals surface area contributed by atoms with Crippen molar-refractivity contribution in [2.24, 2.45) is 10.9 Å². The van der Waals surface area contributed by atoms with Gasteiger partial charge >= 0.3 is 0 Å². The minimum Gasteiger partial charge on any atom is -0.409 e. The van der Waals surface area contributed by atoms with Crippen LogP contribution in [0.4, 0.5) is 0 Å². The van der Waals surface area contributed by atoms with Gasteiger partial charge in [-0.15, -0.1) is 0 Å². The molecule has 1 aliphatic heterocycles. The van der Waals surface area contributed by atoms with E-state index in [2.05, 4.69) is 53.1 Å². The molecule has 3 N–H and O–H groups in total. The van der Waals surface area contributed by atoms with E-state index in [0.29, 0.717) is 5.84 Å². The quantitative estimate of drug-likeness (QED) is 0.374. The first-order chi connectivity index (χ1) is 10.1. The number of hydrogen-bond donors (Lipinski definition) is 2. The maximum Gasteiger partial charge on any atom is 0.156 e. The van der Waals surface area contributed by atoms with E-state index in [1.54, 1.807) is 0 Å². The molecule has 0 radical (unpaired) electrons. The summed E-state index contributed by atoms with van der Waals surface area (Å²) < 4.78 is 0. The zero-order valence-electron chi connectivity index (χ0n) is 13.0. The van der Waals surface area contributed by atoms with Gasteiger partial charge in [0.15, 0.2) is 5.84 Å². The third-order valence-electron chi connectivity index (χ3n) is 4.18. The molecule has 0 saturated carbocycles. The van der Waals surface area contributed by atoms with Crippen LogP contribution < -0.4 is 5.73 Å². The fourth-order valence-electron chi connectivity index (χ4n) is 3.02. The lowest BCUT2D eigenvalue weighted by molar-refractivity contribution is 0.110. The molecule has 1 saturated heterocycles. The second-order valence-electron chi connectivity index (χ2n) is 5.75. The SMILES string of the molecule is CCC(C(N)=NO)N1CCN(Cc2cccc(C)c2)CC1. The van der Waals surface area contributed by atoms with Gasteiger partial charge < -0.3 is 10.9 Å². The number of amidine groups is 1. The predicted molar refractivity (Wildman–Crippen MR) is 85.5 cm³/mol. The van der Waals surface area contributed by atoms with Crippen molar-refractivity contribution in [3.8, 4) is 0 Å². The number of benzene rings is 1. The molecule has 1 fully saturated rings. The summed E-state index contributed by atoms with van der Waals surface area (Å²) in [6.45, 7) is 9.15. The molecule has 2 rings (SSSR count). The molecule has 0 aromatic heterocycles. The number of oxime groups is 1. The van der Waals surface area contributed by atoms with Crippen molar-refractivity contribution in [1.82, 2.24) is 9.80 Å². The number of hydrogen-bond acceptors (Lipinski definition) is 4. The van der Waals surface area contributed by atoms with E-state index in [1.165, 1.54) is 11.1 Å². The second-order valence-corrected chi connectivity index (χ2v) is 5.75. The Morgan fingerprint density at radius 2 is 2.05 bits per heavy atom. The summed E-state index contributed by atoms with van der Waals surface area (Å²) in [4.78, 5) is 4.77. The third kappa shape index (κ3) is 4.19. The van der Waals surface area contributed by atoms with Crippen molar-refractivity contribution in [2.45, 2.75) is 32.9 Å². The standard InChI is InChI=1S/C16H26N4O/c1-3-15(16(17)18-21)20-9-7-19(8-10-20)12-14-6-4-5-13(2)11-14/h4-6,11,15,21H,3,7-10,12H2,1-2H3,(H2,17,18). The van der Waals surface area contributed by atoms with Crippen LogP contribution in [0.2, 0.25) is 0 Å². The van der Waals surface area contributed by atoms with Gasteiger partial charge in [-0.25, -0.2) is 0 Å². The Balaban J connectivity index is 1.88. The Morgan fingerprint density at radius 3 is 2.62 bits per heavy atom. The summed E-state index contributed by atoms with van der Waals surface area (Å²) in [5.74, 6) is 0.324. The largest absolute Gasteiger partial charge is 0.409 e. The van der Waals surface area contributed by atoms with E-state index in [0.717, 1.165) is 39.1 Å². The van der Waals surface area contributed by atoms with Crippen molar-refractivity contribution in [3.05, 3.63) is 35.4 Å². The average molecular weight is 290 g/mol. The Hall–Kier alpha value is -1.59. The fraction of sp³-hybridized carbons (Fsp3) is 0.562. The van der Waals surface area contributed by atoms with E-state index < -0.39 is 0 Å². The topological polar surface area (TPSA) is 65.1 Å². The van der Waals surface area contributed by atoms with Crippen LogP contribution in [-0.4, -0.2) is 53.1 Å². The Bertz CT molecular complexity index is 481. The molecule has 0 amide bonds. The molecule has 1 aromatic rings. The molecule has 1 aliphatic rings. The monoisotopic (exact) mass is 290 g/mol. The van der Waals surface area contributed by atoms with Gasteiger partial charge in [-0.05, 0) is 18.9 Å². The van der Waals surface area contributed by atoms with Crippen LogP contribution in [0.25, 0.3) is 0 Å². The Kier molecular flexibility index (Phi) is 5.59. The summed E-state index contributed by atoms with van der Waals surface area (Å²) in [5, 5.41) is 12.0. The summed E-state index contributed by atoms with van der Waals surface area (Å²) in [5.41, 5.74) is 8.46. The van der Waals surface area contributed by atoms with Crippen LogP contribution in [0.1, 0.15) is 24.5 Å². The molecule has 0 spiro atoms. The highest BCUT2D eigenvalue weighted by molar-refractivity contribution is 5.85. The van der Waals surface area contributed by atoms with Gasteiger partial charge in [-0.2, -0.15) is 0 Å². The van der Waals surface area contributed by atoms with Crippen molar-refractivity contribution in [3.63, 3.8) is 0 Å². The molecule has 1 aromatic carbocycles. The van der Waals surface area contributed by atoms with Gasteiger partial charge in [0.1, 0.15) is 0 Å². The fourth-order valence-corrected chi connectivity index (χ4v) is 3.02. The van der Waals surface area contributed by atoms with E-state index in [1.807, 2.05) is 0 Å². The van der Waals surface area contributed by atoms with Gasteiger partial charge in [0, 0.05) is 32.7 Å². The van der Waals surface area contributed by atoms with Crippen LogP contribution in [0.15, 0.2) is 29.4 Å². The highest BCUT2D eigenvalue weighted by Gasteiger charge is 2.25. The molecular weight excluding hydrogens is 264 g/mol. The summed E-state index contributed by atoms with van der Waals surface area (Å²) >= 11 is 0. The zero-order valence-corrected chi connectivity index (χ0v) is 13.0. The number of nitrogens with two attached hydrogens (primary N) is 1. The lowest BCUT2D eigenvalue weighted by Crippen LogP contribution is -2.53. The third-order valence-corrected chi connectivity index (χ3v) is 4.18. The van der Waals surface area contributed by atoms with Crippen molar-refractivity contribution >= 4 is 5.84 Å². The first kappa shape index (κ1) is 15.8. The lowest BCUT2D eigenvalue weighted by atomic mass is 10.1. The van der Waals surface area contributed by atoms with Gasteiger partial charge in [0.2, 0.25) is 0 Å². The smallest absolute Gasteiger partial charge is 0.156 e. The summed E-state index contributed by atoms with van der Waals surface area (Å²) in [7, 11) is 0. The Labute approximate surface area is 127 Å². The molecule has 1 atom stereocenters. The van der Waals surface area contributed by atoms with E-state index >= 15 is 0 Å². The first-order valence-corrected chi connectivity index (χ1v) is 7.63. The van der Waals surface area contributed by atoms with Gasteiger partial charge in [0.25, 0.3) is 0 Å². The number of aryl methyl sites for hydroxylation is 1. The molecule has 0 bridgehead atoms. The van der Waals surface area contributed by atoms with Crippen molar-refractivity contribution < 1.29 is 5.21 Å². The maximum atomic E-state index is 8.87. The number of rotatable bonds is 5. The Morgan fingerprint density at radius 1 is 1.33 bits per heavy atom. The first-order valence-electron chi connectivity index (χ1n) is 7.63. The lowest BCUT2D eigenvalue weighted by Gasteiger charge is -2.38. The van der Waals surface area contributed by atoms with E-state index in [9.17, 15) is 0 Å². The minimum atomic E-state index is 0.0520. The average Bonchev–Trinajstić information content (AvgIpc) is 2.49. The van der Waals surface area contributed by atoms with E-state index in [-0.39, 0.29) is 6.04 Å². The molecular formula is C16H26N4O. The highest BCUT2D eigenvalue weighted by Crippen LogP contribution is 2.13. The van der Waals surface area contributed by atoms with Crippen LogP contribution in [0, 0.1) is 6.92 Å². The van der Waals surface area contributed by atoms with Crippen molar-refractivity contribution in [2.75, 3.05) is 26.2 Å². The maximum absolute atomic E-state index is 8.87.